The van der Waals surface area contributed by atoms with Crippen LogP contribution in [0, 0.1) is 15.9 Å². The maximum absolute atomic E-state index is 13.6. The van der Waals surface area contributed by atoms with Gasteiger partial charge >= 0.3 is 0 Å². The van der Waals surface area contributed by atoms with Crippen molar-refractivity contribution in [2.24, 2.45) is 0 Å². The minimum Gasteiger partial charge on any atom is -0.377 e. The Hall–Kier alpha value is -1.69. The first kappa shape index (κ1) is 14.4. The minimum atomic E-state index is -0.559. The lowest BCUT2D eigenvalue weighted by Crippen LogP contribution is -2.41. The molecule has 0 amide bonds. The van der Waals surface area contributed by atoms with Gasteiger partial charge in [-0.3, -0.25) is 10.1 Å². The molecule has 1 N–H and O–H groups in total. The third kappa shape index (κ3) is 3.16. The fourth-order valence-corrected chi connectivity index (χ4v) is 1.32. The van der Waals surface area contributed by atoms with Gasteiger partial charge in [0.25, 0.3) is 5.69 Å². The fraction of sp³-hybridized carbons (Fsp3) is 0.500. The van der Waals surface area contributed by atoms with E-state index >= 15 is 0 Å². The molecular formula is C12H17FN2O3. The molecule has 0 saturated heterocycles. The molecule has 0 aliphatic heterocycles. The fourth-order valence-electron chi connectivity index (χ4n) is 1.32. The number of benzene rings is 1. The third-order valence-electron chi connectivity index (χ3n) is 3.10. The second kappa shape index (κ2) is 5.30. The van der Waals surface area contributed by atoms with E-state index in [1.54, 1.807) is 7.11 Å². The van der Waals surface area contributed by atoms with E-state index < -0.39 is 16.3 Å². The van der Waals surface area contributed by atoms with Crippen molar-refractivity contribution in [3.63, 3.8) is 0 Å². The molecule has 6 heteroatoms. The van der Waals surface area contributed by atoms with Crippen molar-refractivity contribution >= 4 is 11.4 Å². The molecule has 1 unspecified atom stereocenters. The van der Waals surface area contributed by atoms with Crippen LogP contribution in [0.25, 0.3) is 0 Å². The van der Waals surface area contributed by atoms with E-state index in [0.717, 1.165) is 12.1 Å². The number of nitro groups is 1. The second-order valence-corrected chi connectivity index (χ2v) is 4.59. The van der Waals surface area contributed by atoms with Crippen LogP contribution in [0.15, 0.2) is 18.2 Å². The molecule has 1 aromatic carbocycles. The molecule has 0 saturated carbocycles. The van der Waals surface area contributed by atoms with Crippen molar-refractivity contribution in [2.45, 2.75) is 32.4 Å². The molecule has 1 aromatic rings. The van der Waals surface area contributed by atoms with Gasteiger partial charge in [-0.25, -0.2) is 4.39 Å². The quantitative estimate of drug-likeness (QED) is 0.649. The Morgan fingerprint density at radius 2 is 2.11 bits per heavy atom. The van der Waals surface area contributed by atoms with Crippen LogP contribution in [0.5, 0.6) is 0 Å². The van der Waals surface area contributed by atoms with Crippen molar-refractivity contribution in [2.75, 3.05) is 12.4 Å². The number of halogens is 1. The van der Waals surface area contributed by atoms with Gasteiger partial charge in [-0.1, -0.05) is 0 Å². The lowest BCUT2D eigenvalue weighted by atomic mass is 10.00. The van der Waals surface area contributed by atoms with E-state index in [1.807, 2.05) is 20.8 Å². The molecular weight excluding hydrogens is 239 g/mol. The van der Waals surface area contributed by atoms with Crippen LogP contribution in [0.4, 0.5) is 15.8 Å². The van der Waals surface area contributed by atoms with E-state index in [-0.39, 0.29) is 17.4 Å². The molecule has 0 heterocycles. The SMILES string of the molecule is COC(C)(C)C(C)Nc1cc([N+](=O)[O-])ccc1F. The summed E-state index contributed by atoms with van der Waals surface area (Å²) in [5, 5.41) is 13.5. The monoisotopic (exact) mass is 256 g/mol. The summed E-state index contributed by atoms with van der Waals surface area (Å²) in [4.78, 5) is 10.1. The van der Waals surface area contributed by atoms with Gasteiger partial charge in [0.15, 0.2) is 0 Å². The predicted octanol–water partition coefficient (Wildman–Crippen LogP) is 2.96. The van der Waals surface area contributed by atoms with Crippen LogP contribution in [0.3, 0.4) is 0 Å². The Labute approximate surface area is 105 Å². The second-order valence-electron chi connectivity index (χ2n) is 4.59. The van der Waals surface area contributed by atoms with E-state index in [1.165, 1.54) is 6.07 Å². The number of nitrogens with one attached hydrogen (secondary N) is 1. The summed E-state index contributed by atoms with van der Waals surface area (Å²) in [6, 6.07) is 3.18. The molecule has 0 spiro atoms. The first-order valence-electron chi connectivity index (χ1n) is 5.53. The third-order valence-corrected chi connectivity index (χ3v) is 3.10. The van der Waals surface area contributed by atoms with Crippen LogP contribution >= 0.6 is 0 Å². The lowest BCUT2D eigenvalue weighted by Gasteiger charge is -2.31. The van der Waals surface area contributed by atoms with Crippen molar-refractivity contribution in [1.29, 1.82) is 0 Å². The number of methoxy groups -OCH3 is 1. The molecule has 100 valence electrons. The van der Waals surface area contributed by atoms with Crippen LogP contribution in [-0.4, -0.2) is 23.7 Å². The number of nitro benzene ring substituents is 1. The van der Waals surface area contributed by atoms with Crippen molar-refractivity contribution in [3.05, 3.63) is 34.1 Å². The average molecular weight is 256 g/mol. The maximum Gasteiger partial charge on any atom is 0.271 e. The summed E-state index contributed by atoms with van der Waals surface area (Å²) in [6.45, 7) is 5.52. The highest BCUT2D eigenvalue weighted by Crippen LogP contribution is 2.24. The highest BCUT2D eigenvalue weighted by atomic mass is 19.1. The number of hydrogen-bond acceptors (Lipinski definition) is 4. The van der Waals surface area contributed by atoms with Crippen molar-refractivity contribution in [1.82, 2.24) is 0 Å². The van der Waals surface area contributed by atoms with E-state index in [2.05, 4.69) is 5.32 Å². The number of nitrogens with zero attached hydrogens (tertiary/aromatic N) is 1. The van der Waals surface area contributed by atoms with Gasteiger partial charge in [0.1, 0.15) is 5.82 Å². The summed E-state index contributed by atoms with van der Waals surface area (Å²) < 4.78 is 18.8. The number of rotatable bonds is 5. The van der Waals surface area contributed by atoms with Gasteiger partial charge in [-0.2, -0.15) is 0 Å². The van der Waals surface area contributed by atoms with E-state index in [9.17, 15) is 14.5 Å². The lowest BCUT2D eigenvalue weighted by molar-refractivity contribution is -0.384. The standard InChI is InChI=1S/C12H17FN2O3/c1-8(12(2,3)18-4)14-11-7-9(15(16)17)5-6-10(11)13/h5-8,14H,1-4H3. The van der Waals surface area contributed by atoms with E-state index in [0.29, 0.717) is 0 Å². The topological polar surface area (TPSA) is 64.4 Å². The van der Waals surface area contributed by atoms with Gasteiger partial charge < -0.3 is 10.1 Å². The maximum atomic E-state index is 13.6. The molecule has 0 aromatic heterocycles. The van der Waals surface area contributed by atoms with Gasteiger partial charge in [0.2, 0.25) is 0 Å². The zero-order valence-corrected chi connectivity index (χ0v) is 10.9. The zero-order valence-electron chi connectivity index (χ0n) is 10.9. The molecule has 0 fully saturated rings. The van der Waals surface area contributed by atoms with Gasteiger partial charge in [0, 0.05) is 19.2 Å². The van der Waals surface area contributed by atoms with Gasteiger partial charge in [-0.05, 0) is 26.8 Å². The molecule has 0 radical (unpaired) electrons. The van der Waals surface area contributed by atoms with Crippen LogP contribution in [-0.2, 0) is 4.74 Å². The molecule has 1 rings (SSSR count). The van der Waals surface area contributed by atoms with Crippen LogP contribution < -0.4 is 5.32 Å². The van der Waals surface area contributed by atoms with Crippen molar-refractivity contribution < 1.29 is 14.1 Å². The number of ether oxygens (including phenoxy) is 1. The largest absolute Gasteiger partial charge is 0.377 e. The summed E-state index contributed by atoms with van der Waals surface area (Å²) in [6.07, 6.45) is 0. The Balaban J connectivity index is 2.97. The average Bonchev–Trinajstić information content (AvgIpc) is 2.31. The zero-order chi connectivity index (χ0) is 13.9. The predicted molar refractivity (Wildman–Crippen MR) is 67.2 cm³/mol. The number of anilines is 1. The van der Waals surface area contributed by atoms with Crippen molar-refractivity contribution in [3.8, 4) is 0 Å². The Kier molecular flexibility index (Phi) is 4.24. The van der Waals surface area contributed by atoms with E-state index in [4.69, 9.17) is 4.74 Å². The molecule has 0 aliphatic rings. The highest BCUT2D eigenvalue weighted by molar-refractivity contribution is 5.53. The molecule has 5 nitrogen and oxygen atoms in total. The Morgan fingerprint density at radius 3 is 2.61 bits per heavy atom. The first-order valence-corrected chi connectivity index (χ1v) is 5.53. The van der Waals surface area contributed by atoms with Gasteiger partial charge in [-0.15, -0.1) is 0 Å². The summed E-state index contributed by atoms with van der Waals surface area (Å²) >= 11 is 0. The minimum absolute atomic E-state index is 0.0989. The smallest absolute Gasteiger partial charge is 0.271 e. The molecule has 0 bridgehead atoms. The molecule has 18 heavy (non-hydrogen) atoms. The van der Waals surface area contributed by atoms with Crippen LogP contribution in [0.2, 0.25) is 0 Å². The van der Waals surface area contributed by atoms with Crippen LogP contribution in [0.1, 0.15) is 20.8 Å². The molecule has 0 aliphatic carbocycles. The summed E-state index contributed by atoms with van der Waals surface area (Å²) in [5.74, 6) is -0.528. The van der Waals surface area contributed by atoms with Gasteiger partial charge in [0.05, 0.1) is 22.3 Å². The number of hydrogen-bond donors (Lipinski definition) is 1. The normalized spacial score (nSPS) is 13.2. The molecule has 1 atom stereocenters. The Bertz CT molecular complexity index is 449. The number of non-ortho nitro benzene ring substituents is 1. The first-order chi connectivity index (χ1) is 8.27. The Morgan fingerprint density at radius 1 is 1.50 bits per heavy atom. The highest BCUT2D eigenvalue weighted by Gasteiger charge is 2.26. The summed E-state index contributed by atoms with van der Waals surface area (Å²) in [7, 11) is 1.56. The summed E-state index contributed by atoms with van der Waals surface area (Å²) in [5.41, 5.74) is -0.569.